The summed E-state index contributed by atoms with van der Waals surface area (Å²) in [7, 11) is 3.14. The minimum absolute atomic E-state index is 0.105. The Hall–Kier alpha value is -3.33. The van der Waals surface area contributed by atoms with E-state index in [4.69, 9.17) is 25.4 Å². The first-order chi connectivity index (χ1) is 13.4. The van der Waals surface area contributed by atoms with E-state index in [2.05, 4.69) is 15.6 Å². The van der Waals surface area contributed by atoms with Crippen LogP contribution >= 0.6 is 0 Å². The fourth-order valence-electron chi connectivity index (χ4n) is 2.36. The van der Waals surface area contributed by atoms with Crippen LogP contribution in [0.3, 0.4) is 0 Å². The van der Waals surface area contributed by atoms with Gasteiger partial charge in [-0.05, 0) is 24.6 Å². The van der Waals surface area contributed by atoms with Crippen molar-refractivity contribution in [2.24, 2.45) is 0 Å². The Morgan fingerprint density at radius 1 is 1.25 bits per heavy atom. The number of urea groups is 1. The molecular weight excluding hydrogens is 362 g/mol. The standard InChI is InChI=1S/C19H25N5O4/c1-12(13-4-6-14(27-3)7-5-13)23-19(25)24-17-10-16(20)15(11-22-17)18(21)28-9-8-26-2/h4-7,10-12,21H,8-9H2,1-3H3,(H4,20,22,23,24,25). The Balaban J connectivity index is 1.94. The van der Waals surface area contributed by atoms with Gasteiger partial charge in [0.25, 0.3) is 0 Å². The number of aromatic nitrogens is 1. The summed E-state index contributed by atoms with van der Waals surface area (Å²) in [6.07, 6.45) is 1.38. The highest BCUT2D eigenvalue weighted by atomic mass is 16.5. The molecule has 2 rings (SSSR count). The van der Waals surface area contributed by atoms with Gasteiger partial charge >= 0.3 is 6.03 Å². The maximum absolute atomic E-state index is 12.2. The molecule has 9 nitrogen and oxygen atoms in total. The number of pyridine rings is 1. The molecule has 0 saturated heterocycles. The number of nitrogens with zero attached hydrogens (tertiary/aromatic N) is 1. The Kier molecular flexibility index (Phi) is 7.58. The van der Waals surface area contributed by atoms with Crippen LogP contribution in [-0.2, 0) is 9.47 Å². The number of carbonyl (C=O) groups excluding carboxylic acids is 1. The molecule has 0 aliphatic rings. The smallest absolute Gasteiger partial charge is 0.320 e. The number of amides is 2. The van der Waals surface area contributed by atoms with Crippen LogP contribution in [0.2, 0.25) is 0 Å². The second-order valence-electron chi connectivity index (χ2n) is 5.92. The number of benzene rings is 1. The first-order valence-corrected chi connectivity index (χ1v) is 8.62. The molecule has 0 spiro atoms. The zero-order valence-electron chi connectivity index (χ0n) is 16.1. The summed E-state index contributed by atoms with van der Waals surface area (Å²) < 4.78 is 15.2. The fraction of sp³-hybridized carbons (Fsp3) is 0.316. The third-order valence-corrected chi connectivity index (χ3v) is 3.92. The van der Waals surface area contributed by atoms with Crippen molar-refractivity contribution in [3.63, 3.8) is 0 Å². The van der Waals surface area contributed by atoms with Gasteiger partial charge in [0.2, 0.25) is 5.90 Å². The van der Waals surface area contributed by atoms with Crippen molar-refractivity contribution in [2.45, 2.75) is 13.0 Å². The molecule has 0 aliphatic heterocycles. The van der Waals surface area contributed by atoms with Gasteiger partial charge in [0.15, 0.2) is 0 Å². The van der Waals surface area contributed by atoms with Crippen LogP contribution in [-0.4, -0.2) is 44.3 Å². The summed E-state index contributed by atoms with van der Waals surface area (Å²) in [5.74, 6) is 0.911. The van der Waals surface area contributed by atoms with Crippen LogP contribution in [0.1, 0.15) is 24.1 Å². The average Bonchev–Trinajstić information content (AvgIpc) is 2.68. The van der Waals surface area contributed by atoms with E-state index in [0.29, 0.717) is 12.2 Å². The third-order valence-electron chi connectivity index (χ3n) is 3.92. The van der Waals surface area contributed by atoms with E-state index in [1.807, 2.05) is 31.2 Å². The topological polar surface area (TPSA) is 132 Å². The van der Waals surface area contributed by atoms with Gasteiger partial charge in [-0.15, -0.1) is 0 Å². The van der Waals surface area contributed by atoms with Crippen molar-refractivity contribution in [3.8, 4) is 5.75 Å². The molecule has 0 bridgehead atoms. The van der Waals surface area contributed by atoms with E-state index in [-0.39, 0.29) is 30.1 Å². The Labute approximate surface area is 163 Å². The summed E-state index contributed by atoms with van der Waals surface area (Å²) in [6, 6.07) is 8.25. The van der Waals surface area contributed by atoms with E-state index in [9.17, 15) is 4.79 Å². The van der Waals surface area contributed by atoms with Crippen molar-refractivity contribution >= 4 is 23.4 Å². The quantitative estimate of drug-likeness (QED) is 0.313. The second kappa shape index (κ2) is 10.1. The number of rotatable bonds is 8. The summed E-state index contributed by atoms with van der Waals surface area (Å²) in [4.78, 5) is 16.3. The molecule has 2 amide bonds. The normalized spacial score (nSPS) is 11.4. The van der Waals surface area contributed by atoms with Gasteiger partial charge in [0, 0.05) is 25.1 Å². The largest absolute Gasteiger partial charge is 0.497 e. The molecular formula is C19H25N5O4. The molecule has 0 radical (unpaired) electrons. The Morgan fingerprint density at radius 2 is 1.96 bits per heavy atom. The molecule has 9 heteroatoms. The predicted molar refractivity (Wildman–Crippen MR) is 107 cm³/mol. The molecule has 150 valence electrons. The van der Waals surface area contributed by atoms with Crippen LogP contribution in [0, 0.1) is 5.41 Å². The number of nitrogens with one attached hydrogen (secondary N) is 3. The lowest BCUT2D eigenvalue weighted by Gasteiger charge is -2.16. The molecule has 28 heavy (non-hydrogen) atoms. The lowest BCUT2D eigenvalue weighted by molar-refractivity contribution is 0.141. The third kappa shape index (κ3) is 5.85. The molecule has 5 N–H and O–H groups in total. The van der Waals surface area contributed by atoms with Gasteiger partial charge < -0.3 is 25.3 Å². The van der Waals surface area contributed by atoms with Crippen LogP contribution in [0.4, 0.5) is 16.3 Å². The fourth-order valence-corrected chi connectivity index (χ4v) is 2.36. The number of hydrogen-bond acceptors (Lipinski definition) is 7. The maximum Gasteiger partial charge on any atom is 0.320 e. The summed E-state index contributed by atoms with van der Waals surface area (Å²) in [5.41, 5.74) is 7.49. The van der Waals surface area contributed by atoms with Crippen molar-refractivity contribution in [1.29, 1.82) is 5.41 Å². The number of methoxy groups -OCH3 is 2. The summed E-state index contributed by atoms with van der Waals surface area (Å²) in [6.45, 7) is 2.47. The lowest BCUT2D eigenvalue weighted by atomic mass is 10.1. The average molecular weight is 387 g/mol. The monoisotopic (exact) mass is 387 g/mol. The van der Waals surface area contributed by atoms with Crippen molar-refractivity contribution < 1.29 is 19.0 Å². The lowest BCUT2D eigenvalue weighted by Crippen LogP contribution is -2.31. The zero-order valence-corrected chi connectivity index (χ0v) is 16.1. The first-order valence-electron chi connectivity index (χ1n) is 8.62. The zero-order chi connectivity index (χ0) is 20.5. The van der Waals surface area contributed by atoms with Crippen molar-refractivity contribution in [3.05, 3.63) is 47.7 Å². The van der Waals surface area contributed by atoms with Gasteiger partial charge in [-0.2, -0.15) is 0 Å². The van der Waals surface area contributed by atoms with Gasteiger partial charge in [-0.1, -0.05) is 12.1 Å². The second-order valence-corrected chi connectivity index (χ2v) is 5.92. The van der Waals surface area contributed by atoms with Gasteiger partial charge in [-0.25, -0.2) is 9.78 Å². The minimum atomic E-state index is -0.422. The number of hydrogen-bond donors (Lipinski definition) is 4. The Bertz CT molecular complexity index is 810. The predicted octanol–water partition coefficient (Wildman–Crippen LogP) is 2.54. The number of ether oxygens (including phenoxy) is 3. The SMILES string of the molecule is COCCOC(=N)c1cnc(NC(=O)NC(C)c2ccc(OC)cc2)cc1N. The molecule has 0 fully saturated rings. The molecule has 1 unspecified atom stereocenters. The highest BCUT2D eigenvalue weighted by Crippen LogP contribution is 2.18. The summed E-state index contributed by atoms with van der Waals surface area (Å²) >= 11 is 0. The molecule has 0 saturated carbocycles. The van der Waals surface area contributed by atoms with Gasteiger partial charge in [0.1, 0.15) is 18.2 Å². The van der Waals surface area contributed by atoms with Crippen LogP contribution in [0.5, 0.6) is 5.75 Å². The van der Waals surface area contributed by atoms with Crippen LogP contribution in [0.15, 0.2) is 36.5 Å². The molecule has 1 aromatic carbocycles. The number of carbonyl (C=O) groups is 1. The van der Waals surface area contributed by atoms with Crippen molar-refractivity contribution in [1.82, 2.24) is 10.3 Å². The molecule has 1 heterocycles. The van der Waals surface area contributed by atoms with Crippen molar-refractivity contribution in [2.75, 3.05) is 38.5 Å². The summed E-state index contributed by atoms with van der Waals surface area (Å²) in [5, 5.41) is 13.3. The van der Waals surface area contributed by atoms with E-state index < -0.39 is 6.03 Å². The van der Waals surface area contributed by atoms with Gasteiger partial charge in [-0.3, -0.25) is 10.7 Å². The molecule has 0 aliphatic carbocycles. The van der Waals surface area contributed by atoms with E-state index in [1.54, 1.807) is 14.2 Å². The number of nitrogen functional groups attached to an aromatic ring is 1. The highest BCUT2D eigenvalue weighted by molar-refractivity contribution is 5.97. The number of nitrogens with two attached hydrogens (primary N) is 1. The maximum atomic E-state index is 12.2. The van der Waals surface area contributed by atoms with Gasteiger partial charge in [0.05, 0.1) is 25.3 Å². The molecule has 1 atom stereocenters. The van der Waals surface area contributed by atoms with E-state index in [0.717, 1.165) is 11.3 Å². The molecule has 2 aromatic rings. The minimum Gasteiger partial charge on any atom is -0.497 e. The number of anilines is 2. The Morgan fingerprint density at radius 3 is 2.57 bits per heavy atom. The van der Waals surface area contributed by atoms with E-state index >= 15 is 0 Å². The molecule has 1 aromatic heterocycles. The van der Waals surface area contributed by atoms with Crippen LogP contribution in [0.25, 0.3) is 0 Å². The first kappa shape index (κ1) is 21.0. The van der Waals surface area contributed by atoms with Crippen LogP contribution < -0.4 is 21.1 Å². The highest BCUT2D eigenvalue weighted by Gasteiger charge is 2.13. The van der Waals surface area contributed by atoms with E-state index in [1.165, 1.54) is 12.3 Å².